The van der Waals surface area contributed by atoms with Crippen molar-refractivity contribution in [3.63, 3.8) is 0 Å². The van der Waals surface area contributed by atoms with Crippen LogP contribution in [0.15, 0.2) is 29.2 Å². The van der Waals surface area contributed by atoms with Crippen LogP contribution in [0.1, 0.15) is 20.8 Å². The molecular weight excluding hydrogens is 210 g/mol. The van der Waals surface area contributed by atoms with Crippen LogP contribution in [-0.2, 0) is 9.84 Å². The maximum atomic E-state index is 11.9. The van der Waals surface area contributed by atoms with Gasteiger partial charge in [0, 0.05) is 12.2 Å². The summed E-state index contributed by atoms with van der Waals surface area (Å²) in [7, 11) is -3.16. The smallest absolute Gasteiger partial charge is 0.180 e. The minimum Gasteiger partial charge on any atom is -0.385 e. The summed E-state index contributed by atoms with van der Waals surface area (Å²) in [6.07, 6.45) is 0. The van der Waals surface area contributed by atoms with Gasteiger partial charge in [0.15, 0.2) is 9.84 Å². The van der Waals surface area contributed by atoms with Crippen molar-refractivity contribution in [3.8, 4) is 0 Å². The standard InChI is InChI=1S/C11H17NO2S/c1-4-12-10-6-5-7-11(8-10)15(13,14)9(2)3/h5-9,12H,4H2,1-3H3. The molecule has 3 nitrogen and oxygen atoms in total. The van der Waals surface area contributed by atoms with Gasteiger partial charge in [0.2, 0.25) is 0 Å². The summed E-state index contributed by atoms with van der Waals surface area (Å²) in [5, 5.41) is 2.71. The molecule has 0 aliphatic carbocycles. The molecule has 0 fully saturated rings. The molecule has 0 spiro atoms. The first kappa shape index (κ1) is 12.0. The zero-order valence-corrected chi connectivity index (χ0v) is 10.1. The Morgan fingerprint density at radius 3 is 2.53 bits per heavy atom. The molecule has 0 saturated heterocycles. The van der Waals surface area contributed by atoms with Crippen LogP contribution in [0.25, 0.3) is 0 Å². The Hall–Kier alpha value is -1.03. The highest BCUT2D eigenvalue weighted by Crippen LogP contribution is 2.19. The lowest BCUT2D eigenvalue weighted by Gasteiger charge is -2.09. The highest BCUT2D eigenvalue weighted by Gasteiger charge is 2.18. The van der Waals surface area contributed by atoms with E-state index in [-0.39, 0.29) is 5.25 Å². The quantitative estimate of drug-likeness (QED) is 0.858. The van der Waals surface area contributed by atoms with Crippen LogP contribution >= 0.6 is 0 Å². The molecule has 0 bridgehead atoms. The van der Waals surface area contributed by atoms with Gasteiger partial charge in [-0.1, -0.05) is 6.07 Å². The Kier molecular flexibility index (Phi) is 3.74. The second-order valence-electron chi connectivity index (χ2n) is 3.65. The molecule has 0 radical (unpaired) electrons. The first-order valence-corrected chi connectivity index (χ1v) is 6.61. The van der Waals surface area contributed by atoms with E-state index < -0.39 is 9.84 Å². The highest BCUT2D eigenvalue weighted by molar-refractivity contribution is 7.92. The van der Waals surface area contributed by atoms with Crippen molar-refractivity contribution in [2.24, 2.45) is 0 Å². The number of hydrogen-bond donors (Lipinski definition) is 1. The van der Waals surface area contributed by atoms with Crippen LogP contribution in [0.2, 0.25) is 0 Å². The molecule has 0 atom stereocenters. The Labute approximate surface area is 91.4 Å². The van der Waals surface area contributed by atoms with E-state index in [2.05, 4.69) is 5.32 Å². The van der Waals surface area contributed by atoms with E-state index in [1.54, 1.807) is 32.0 Å². The van der Waals surface area contributed by atoms with Gasteiger partial charge in [-0.2, -0.15) is 0 Å². The number of sulfone groups is 1. The van der Waals surface area contributed by atoms with Crippen molar-refractivity contribution in [2.75, 3.05) is 11.9 Å². The summed E-state index contributed by atoms with van der Waals surface area (Å²) < 4.78 is 23.7. The molecule has 0 aliphatic rings. The molecule has 1 aromatic rings. The first-order valence-electron chi connectivity index (χ1n) is 5.06. The summed E-state index contributed by atoms with van der Waals surface area (Å²) >= 11 is 0. The van der Waals surface area contributed by atoms with Gasteiger partial charge < -0.3 is 5.32 Å². The minimum atomic E-state index is -3.16. The lowest BCUT2D eigenvalue weighted by atomic mass is 10.3. The normalized spacial score (nSPS) is 11.7. The average molecular weight is 227 g/mol. The molecule has 0 aromatic heterocycles. The average Bonchev–Trinajstić information content (AvgIpc) is 2.18. The second-order valence-corrected chi connectivity index (χ2v) is 6.16. The summed E-state index contributed by atoms with van der Waals surface area (Å²) in [4.78, 5) is 0.385. The SMILES string of the molecule is CCNc1cccc(S(=O)(=O)C(C)C)c1. The van der Waals surface area contributed by atoms with Crippen LogP contribution in [0.4, 0.5) is 5.69 Å². The van der Waals surface area contributed by atoms with Gasteiger partial charge in [0.05, 0.1) is 10.1 Å². The van der Waals surface area contributed by atoms with Crippen LogP contribution < -0.4 is 5.32 Å². The van der Waals surface area contributed by atoms with Crippen LogP contribution in [0.3, 0.4) is 0 Å². The first-order chi connectivity index (χ1) is 6.98. The molecule has 0 unspecified atom stereocenters. The van der Waals surface area contributed by atoms with Crippen LogP contribution in [-0.4, -0.2) is 20.2 Å². The molecule has 84 valence electrons. The Bertz CT molecular complexity index is 424. The van der Waals surface area contributed by atoms with Crippen molar-refractivity contribution in [1.29, 1.82) is 0 Å². The number of anilines is 1. The third-order valence-electron chi connectivity index (χ3n) is 2.16. The van der Waals surface area contributed by atoms with E-state index in [4.69, 9.17) is 0 Å². The van der Waals surface area contributed by atoms with E-state index >= 15 is 0 Å². The fourth-order valence-electron chi connectivity index (χ4n) is 1.26. The van der Waals surface area contributed by atoms with Crippen molar-refractivity contribution < 1.29 is 8.42 Å². The zero-order valence-electron chi connectivity index (χ0n) is 9.32. The van der Waals surface area contributed by atoms with Crippen molar-refractivity contribution in [1.82, 2.24) is 0 Å². The summed E-state index contributed by atoms with van der Waals surface area (Å²) in [5.41, 5.74) is 0.847. The van der Waals surface area contributed by atoms with E-state index in [0.717, 1.165) is 12.2 Å². The maximum Gasteiger partial charge on any atom is 0.180 e. The second kappa shape index (κ2) is 4.66. The summed E-state index contributed by atoms with van der Waals surface area (Å²) in [5.74, 6) is 0. The molecule has 15 heavy (non-hydrogen) atoms. The molecule has 0 saturated carbocycles. The van der Waals surface area contributed by atoms with E-state index in [1.807, 2.05) is 13.0 Å². The van der Waals surface area contributed by atoms with Gasteiger partial charge in [-0.15, -0.1) is 0 Å². The Morgan fingerprint density at radius 2 is 2.00 bits per heavy atom. The van der Waals surface area contributed by atoms with Gasteiger partial charge in [-0.25, -0.2) is 8.42 Å². The Balaban J connectivity index is 3.11. The molecule has 1 rings (SSSR count). The van der Waals surface area contributed by atoms with Gasteiger partial charge in [-0.05, 0) is 39.0 Å². The van der Waals surface area contributed by atoms with Crippen molar-refractivity contribution >= 4 is 15.5 Å². The summed E-state index contributed by atoms with van der Waals surface area (Å²) in [6, 6.07) is 6.94. The molecule has 0 amide bonds. The molecule has 0 aliphatic heterocycles. The lowest BCUT2D eigenvalue weighted by molar-refractivity contribution is 0.587. The van der Waals surface area contributed by atoms with Crippen molar-refractivity contribution in [2.45, 2.75) is 30.9 Å². The molecule has 1 aromatic carbocycles. The highest BCUT2D eigenvalue weighted by atomic mass is 32.2. The Morgan fingerprint density at radius 1 is 1.33 bits per heavy atom. The van der Waals surface area contributed by atoms with E-state index in [0.29, 0.717) is 4.90 Å². The predicted octanol–water partition coefficient (Wildman–Crippen LogP) is 2.30. The molecule has 0 heterocycles. The number of hydrogen-bond acceptors (Lipinski definition) is 3. The fourth-order valence-corrected chi connectivity index (χ4v) is 2.36. The largest absolute Gasteiger partial charge is 0.385 e. The lowest BCUT2D eigenvalue weighted by Crippen LogP contribution is -2.14. The van der Waals surface area contributed by atoms with Gasteiger partial charge in [-0.3, -0.25) is 0 Å². The molecular formula is C11H17NO2S. The van der Waals surface area contributed by atoms with Gasteiger partial charge in [0.25, 0.3) is 0 Å². The molecule has 1 N–H and O–H groups in total. The van der Waals surface area contributed by atoms with Gasteiger partial charge >= 0.3 is 0 Å². The van der Waals surface area contributed by atoms with E-state index in [9.17, 15) is 8.42 Å². The number of nitrogens with one attached hydrogen (secondary N) is 1. The van der Waals surface area contributed by atoms with Crippen LogP contribution in [0, 0.1) is 0 Å². The minimum absolute atomic E-state index is 0.380. The van der Waals surface area contributed by atoms with Crippen molar-refractivity contribution in [3.05, 3.63) is 24.3 Å². The number of rotatable bonds is 4. The predicted molar refractivity (Wildman–Crippen MR) is 62.9 cm³/mol. The van der Waals surface area contributed by atoms with Gasteiger partial charge in [0.1, 0.15) is 0 Å². The monoisotopic (exact) mass is 227 g/mol. The third-order valence-corrected chi connectivity index (χ3v) is 4.32. The van der Waals surface area contributed by atoms with Crippen LogP contribution in [0.5, 0.6) is 0 Å². The van der Waals surface area contributed by atoms with E-state index in [1.165, 1.54) is 0 Å². The zero-order chi connectivity index (χ0) is 11.5. The third kappa shape index (κ3) is 2.72. The maximum absolute atomic E-state index is 11.9. The number of benzene rings is 1. The fraction of sp³-hybridized carbons (Fsp3) is 0.455. The molecule has 4 heteroatoms. The topological polar surface area (TPSA) is 46.2 Å². The summed E-state index contributed by atoms with van der Waals surface area (Å²) in [6.45, 7) is 6.14.